The molecule has 0 aliphatic heterocycles. The van der Waals surface area contributed by atoms with Crippen LogP contribution in [0.1, 0.15) is 12.6 Å². The third-order valence-corrected chi connectivity index (χ3v) is 3.27. The average molecular weight is 252 g/mol. The SMILES string of the molecule is Cc1c(Cl)cnn1CC(C)CBr. The lowest BCUT2D eigenvalue weighted by atomic mass is 10.2. The molecule has 0 aliphatic carbocycles. The fourth-order valence-electron chi connectivity index (χ4n) is 0.952. The molecule has 0 aliphatic rings. The summed E-state index contributed by atoms with van der Waals surface area (Å²) in [6, 6.07) is 0. The molecule has 0 saturated heterocycles. The summed E-state index contributed by atoms with van der Waals surface area (Å²) in [6.07, 6.45) is 1.69. The van der Waals surface area contributed by atoms with E-state index < -0.39 is 0 Å². The molecule has 0 radical (unpaired) electrons. The fraction of sp³-hybridized carbons (Fsp3) is 0.625. The lowest BCUT2D eigenvalue weighted by Gasteiger charge is -2.08. The largest absolute Gasteiger partial charge is 0.268 e. The molecular formula is C8H12BrClN2. The molecule has 0 spiro atoms. The van der Waals surface area contributed by atoms with Crippen LogP contribution in [0.25, 0.3) is 0 Å². The van der Waals surface area contributed by atoms with Gasteiger partial charge in [-0.3, -0.25) is 4.68 Å². The van der Waals surface area contributed by atoms with Gasteiger partial charge in [0.25, 0.3) is 0 Å². The Morgan fingerprint density at radius 3 is 2.83 bits per heavy atom. The molecule has 0 N–H and O–H groups in total. The van der Waals surface area contributed by atoms with Crippen molar-refractivity contribution in [3.8, 4) is 0 Å². The Kier molecular flexibility index (Phi) is 3.59. The van der Waals surface area contributed by atoms with Gasteiger partial charge in [-0.2, -0.15) is 5.10 Å². The molecule has 12 heavy (non-hydrogen) atoms. The van der Waals surface area contributed by atoms with Crippen LogP contribution >= 0.6 is 27.5 Å². The van der Waals surface area contributed by atoms with E-state index in [4.69, 9.17) is 11.6 Å². The van der Waals surface area contributed by atoms with Gasteiger partial charge >= 0.3 is 0 Å². The molecule has 1 atom stereocenters. The van der Waals surface area contributed by atoms with Crippen LogP contribution < -0.4 is 0 Å². The van der Waals surface area contributed by atoms with E-state index in [0.29, 0.717) is 5.92 Å². The number of rotatable bonds is 3. The molecule has 68 valence electrons. The summed E-state index contributed by atoms with van der Waals surface area (Å²) in [5.74, 6) is 0.583. The summed E-state index contributed by atoms with van der Waals surface area (Å²) in [4.78, 5) is 0. The van der Waals surface area contributed by atoms with Crippen LogP contribution in [0.4, 0.5) is 0 Å². The topological polar surface area (TPSA) is 17.8 Å². The molecule has 0 fully saturated rings. The van der Waals surface area contributed by atoms with Crippen LogP contribution in [-0.4, -0.2) is 15.1 Å². The zero-order valence-electron chi connectivity index (χ0n) is 7.22. The standard InChI is InChI=1S/C8H12BrClN2/c1-6(3-9)5-12-7(2)8(10)4-11-12/h4,6H,3,5H2,1-2H3. The summed E-state index contributed by atoms with van der Waals surface area (Å²) in [7, 11) is 0. The Labute approximate surface area is 86.0 Å². The highest BCUT2D eigenvalue weighted by Gasteiger charge is 2.06. The van der Waals surface area contributed by atoms with Gasteiger partial charge in [0.2, 0.25) is 0 Å². The molecule has 1 aromatic rings. The fourth-order valence-corrected chi connectivity index (χ4v) is 1.30. The highest BCUT2D eigenvalue weighted by atomic mass is 79.9. The number of nitrogens with zero attached hydrogens (tertiary/aromatic N) is 2. The first-order valence-corrected chi connectivity index (χ1v) is 5.39. The van der Waals surface area contributed by atoms with Gasteiger partial charge in [-0.25, -0.2) is 0 Å². The van der Waals surface area contributed by atoms with Gasteiger partial charge < -0.3 is 0 Å². The summed E-state index contributed by atoms with van der Waals surface area (Å²) >= 11 is 9.29. The molecule has 1 rings (SSSR count). The lowest BCUT2D eigenvalue weighted by molar-refractivity contribution is 0.482. The van der Waals surface area contributed by atoms with Crippen molar-refractivity contribution in [2.24, 2.45) is 5.92 Å². The molecule has 0 bridgehead atoms. The van der Waals surface area contributed by atoms with Crippen molar-refractivity contribution in [2.45, 2.75) is 20.4 Å². The summed E-state index contributed by atoms with van der Waals surface area (Å²) in [5, 5.41) is 5.90. The number of halogens is 2. The smallest absolute Gasteiger partial charge is 0.0814 e. The highest BCUT2D eigenvalue weighted by Crippen LogP contribution is 2.15. The summed E-state index contributed by atoms with van der Waals surface area (Å²) < 4.78 is 1.94. The number of alkyl halides is 1. The van der Waals surface area contributed by atoms with Crippen molar-refractivity contribution in [3.05, 3.63) is 16.9 Å². The van der Waals surface area contributed by atoms with E-state index in [1.807, 2.05) is 11.6 Å². The minimum absolute atomic E-state index is 0.583. The Morgan fingerprint density at radius 2 is 2.42 bits per heavy atom. The van der Waals surface area contributed by atoms with E-state index in [0.717, 1.165) is 22.6 Å². The van der Waals surface area contributed by atoms with Crippen molar-refractivity contribution < 1.29 is 0 Å². The maximum absolute atomic E-state index is 5.86. The van der Waals surface area contributed by atoms with Crippen molar-refractivity contribution >= 4 is 27.5 Å². The number of hydrogen-bond donors (Lipinski definition) is 0. The molecule has 0 aromatic carbocycles. The van der Waals surface area contributed by atoms with Crippen LogP contribution in [0.3, 0.4) is 0 Å². The van der Waals surface area contributed by atoms with Gasteiger partial charge in [0.15, 0.2) is 0 Å². The molecule has 0 amide bonds. The third kappa shape index (κ3) is 2.23. The van der Waals surface area contributed by atoms with E-state index in [1.165, 1.54) is 0 Å². The van der Waals surface area contributed by atoms with Crippen molar-refractivity contribution in [3.63, 3.8) is 0 Å². The van der Waals surface area contributed by atoms with E-state index >= 15 is 0 Å². The summed E-state index contributed by atoms with van der Waals surface area (Å²) in [6.45, 7) is 5.07. The second-order valence-corrected chi connectivity index (χ2v) is 4.07. The van der Waals surface area contributed by atoms with Crippen molar-refractivity contribution in [1.29, 1.82) is 0 Å². The molecule has 0 saturated carbocycles. The van der Waals surface area contributed by atoms with Gasteiger partial charge in [0, 0.05) is 11.9 Å². The Hall–Kier alpha value is -0.0200. The van der Waals surface area contributed by atoms with E-state index in [2.05, 4.69) is 28.0 Å². The second-order valence-electron chi connectivity index (χ2n) is 3.02. The lowest BCUT2D eigenvalue weighted by Crippen LogP contribution is -2.11. The Balaban J connectivity index is 2.69. The minimum Gasteiger partial charge on any atom is -0.268 e. The van der Waals surface area contributed by atoms with Gasteiger partial charge in [-0.05, 0) is 12.8 Å². The van der Waals surface area contributed by atoms with Gasteiger partial charge in [0.05, 0.1) is 16.9 Å². The first-order valence-electron chi connectivity index (χ1n) is 3.89. The third-order valence-electron chi connectivity index (χ3n) is 1.79. The quantitative estimate of drug-likeness (QED) is 0.756. The minimum atomic E-state index is 0.583. The highest BCUT2D eigenvalue weighted by molar-refractivity contribution is 9.09. The van der Waals surface area contributed by atoms with Crippen LogP contribution in [0.5, 0.6) is 0 Å². The summed E-state index contributed by atoms with van der Waals surface area (Å²) in [5.41, 5.74) is 1.05. The van der Waals surface area contributed by atoms with Crippen LogP contribution in [0.15, 0.2) is 6.20 Å². The maximum atomic E-state index is 5.86. The predicted octanol–water partition coefficient (Wildman–Crippen LogP) is 2.88. The van der Waals surface area contributed by atoms with Gasteiger partial charge in [-0.1, -0.05) is 34.5 Å². The van der Waals surface area contributed by atoms with E-state index in [9.17, 15) is 0 Å². The van der Waals surface area contributed by atoms with Crippen LogP contribution in [0.2, 0.25) is 5.02 Å². The first kappa shape index (κ1) is 10.1. The van der Waals surface area contributed by atoms with E-state index in [1.54, 1.807) is 6.20 Å². The molecule has 1 heterocycles. The molecule has 2 nitrogen and oxygen atoms in total. The number of aromatic nitrogens is 2. The number of hydrogen-bond acceptors (Lipinski definition) is 1. The van der Waals surface area contributed by atoms with E-state index in [-0.39, 0.29) is 0 Å². The Bertz CT molecular complexity index is 260. The monoisotopic (exact) mass is 250 g/mol. The van der Waals surface area contributed by atoms with Crippen molar-refractivity contribution in [2.75, 3.05) is 5.33 Å². The van der Waals surface area contributed by atoms with Crippen molar-refractivity contribution in [1.82, 2.24) is 9.78 Å². The molecule has 1 unspecified atom stereocenters. The predicted molar refractivity (Wildman–Crippen MR) is 54.9 cm³/mol. The van der Waals surface area contributed by atoms with Crippen LogP contribution in [0, 0.1) is 12.8 Å². The van der Waals surface area contributed by atoms with Gasteiger partial charge in [-0.15, -0.1) is 0 Å². The second kappa shape index (κ2) is 4.28. The molecule has 1 aromatic heterocycles. The van der Waals surface area contributed by atoms with Crippen LogP contribution in [-0.2, 0) is 6.54 Å². The molecular weight excluding hydrogens is 239 g/mol. The first-order chi connectivity index (χ1) is 5.65. The Morgan fingerprint density at radius 1 is 1.75 bits per heavy atom. The molecule has 4 heteroatoms. The maximum Gasteiger partial charge on any atom is 0.0814 e. The van der Waals surface area contributed by atoms with Gasteiger partial charge in [0.1, 0.15) is 0 Å². The zero-order valence-corrected chi connectivity index (χ0v) is 9.56. The normalized spacial score (nSPS) is 13.3. The zero-order chi connectivity index (χ0) is 9.14. The average Bonchev–Trinajstić information content (AvgIpc) is 2.36.